The molecule has 94 valence electrons. The molecule has 0 fully saturated rings. The molecule has 0 saturated carbocycles. The van der Waals surface area contributed by atoms with Crippen LogP contribution in [0.3, 0.4) is 0 Å². The summed E-state index contributed by atoms with van der Waals surface area (Å²) in [4.78, 5) is 13.1. The van der Waals surface area contributed by atoms with E-state index in [0.29, 0.717) is 23.5 Å². The quantitative estimate of drug-likeness (QED) is 0.831. The van der Waals surface area contributed by atoms with Crippen LogP contribution in [0.2, 0.25) is 0 Å². The van der Waals surface area contributed by atoms with Crippen molar-refractivity contribution in [1.82, 2.24) is 5.32 Å². The monoisotopic (exact) mass is 262 g/mol. The SMILES string of the molecule is COc1ccc(N)c(C(=O)NCc2cccs2)c1. The average Bonchev–Trinajstić information content (AvgIpc) is 2.89. The van der Waals surface area contributed by atoms with Crippen molar-refractivity contribution in [2.24, 2.45) is 0 Å². The Kier molecular flexibility index (Phi) is 3.84. The van der Waals surface area contributed by atoms with E-state index in [-0.39, 0.29) is 5.91 Å². The van der Waals surface area contributed by atoms with Crippen LogP contribution in [0, 0.1) is 0 Å². The highest BCUT2D eigenvalue weighted by atomic mass is 32.1. The van der Waals surface area contributed by atoms with Crippen LogP contribution >= 0.6 is 11.3 Å². The van der Waals surface area contributed by atoms with Crippen molar-refractivity contribution in [3.05, 3.63) is 46.2 Å². The molecule has 0 atom stereocenters. The second-order valence-electron chi connectivity index (χ2n) is 3.72. The second-order valence-corrected chi connectivity index (χ2v) is 4.75. The molecule has 0 spiro atoms. The lowest BCUT2D eigenvalue weighted by molar-refractivity contribution is 0.0952. The number of carbonyl (C=O) groups is 1. The van der Waals surface area contributed by atoms with Crippen LogP contribution in [0.5, 0.6) is 5.75 Å². The zero-order valence-corrected chi connectivity index (χ0v) is 10.8. The number of amides is 1. The van der Waals surface area contributed by atoms with Gasteiger partial charge in [0.25, 0.3) is 5.91 Å². The molecule has 1 aromatic heterocycles. The molecule has 0 radical (unpaired) electrons. The highest BCUT2D eigenvalue weighted by molar-refractivity contribution is 7.09. The Labute approximate surface area is 109 Å². The fourth-order valence-electron chi connectivity index (χ4n) is 1.53. The molecule has 0 bridgehead atoms. The van der Waals surface area contributed by atoms with Gasteiger partial charge in [-0.25, -0.2) is 0 Å². The summed E-state index contributed by atoms with van der Waals surface area (Å²) < 4.78 is 5.08. The van der Waals surface area contributed by atoms with E-state index in [9.17, 15) is 4.79 Å². The summed E-state index contributed by atoms with van der Waals surface area (Å²) in [6, 6.07) is 8.95. The molecule has 3 N–H and O–H groups in total. The van der Waals surface area contributed by atoms with E-state index in [4.69, 9.17) is 10.5 Å². The lowest BCUT2D eigenvalue weighted by Crippen LogP contribution is -2.23. The topological polar surface area (TPSA) is 64.3 Å². The van der Waals surface area contributed by atoms with Crippen molar-refractivity contribution in [2.45, 2.75) is 6.54 Å². The largest absolute Gasteiger partial charge is 0.497 e. The van der Waals surface area contributed by atoms with Gasteiger partial charge in [0.2, 0.25) is 0 Å². The summed E-state index contributed by atoms with van der Waals surface area (Å²) in [5.74, 6) is 0.422. The van der Waals surface area contributed by atoms with Gasteiger partial charge in [0.05, 0.1) is 19.2 Å². The average molecular weight is 262 g/mol. The van der Waals surface area contributed by atoms with Gasteiger partial charge in [0, 0.05) is 10.6 Å². The molecule has 0 unspecified atom stereocenters. The first kappa shape index (κ1) is 12.4. The molecule has 1 heterocycles. The minimum absolute atomic E-state index is 0.195. The third-order valence-corrected chi connectivity index (χ3v) is 3.38. The van der Waals surface area contributed by atoms with Crippen molar-refractivity contribution in [3.8, 4) is 5.75 Å². The smallest absolute Gasteiger partial charge is 0.253 e. The number of carbonyl (C=O) groups excluding carboxylic acids is 1. The van der Waals surface area contributed by atoms with Gasteiger partial charge in [-0.15, -0.1) is 11.3 Å². The predicted molar refractivity (Wildman–Crippen MR) is 72.9 cm³/mol. The number of hydrogen-bond acceptors (Lipinski definition) is 4. The number of nitrogens with one attached hydrogen (secondary N) is 1. The number of thiophene rings is 1. The van der Waals surface area contributed by atoms with Gasteiger partial charge in [0.1, 0.15) is 5.75 Å². The van der Waals surface area contributed by atoms with Crippen LogP contribution in [0.15, 0.2) is 35.7 Å². The van der Waals surface area contributed by atoms with E-state index in [1.807, 2.05) is 17.5 Å². The van der Waals surface area contributed by atoms with Gasteiger partial charge < -0.3 is 15.8 Å². The Morgan fingerprint density at radius 3 is 2.94 bits per heavy atom. The maximum atomic E-state index is 12.0. The van der Waals surface area contributed by atoms with Crippen LogP contribution in [0.4, 0.5) is 5.69 Å². The van der Waals surface area contributed by atoms with Crippen LogP contribution in [0.1, 0.15) is 15.2 Å². The Bertz CT molecular complexity index is 538. The molecular weight excluding hydrogens is 248 g/mol. The van der Waals surface area contributed by atoms with Crippen molar-refractivity contribution in [1.29, 1.82) is 0 Å². The lowest BCUT2D eigenvalue weighted by atomic mass is 10.1. The van der Waals surface area contributed by atoms with E-state index in [2.05, 4.69) is 5.32 Å². The number of nitrogen functional groups attached to an aromatic ring is 1. The number of ether oxygens (including phenoxy) is 1. The summed E-state index contributed by atoms with van der Waals surface area (Å²) >= 11 is 1.60. The number of nitrogens with two attached hydrogens (primary N) is 1. The van der Waals surface area contributed by atoms with Crippen molar-refractivity contribution in [3.63, 3.8) is 0 Å². The van der Waals surface area contributed by atoms with E-state index in [0.717, 1.165) is 4.88 Å². The minimum Gasteiger partial charge on any atom is -0.497 e. The Morgan fingerprint density at radius 1 is 1.44 bits per heavy atom. The van der Waals surface area contributed by atoms with Gasteiger partial charge >= 0.3 is 0 Å². The van der Waals surface area contributed by atoms with E-state index in [1.54, 1.807) is 36.6 Å². The number of benzene rings is 1. The third kappa shape index (κ3) is 2.81. The summed E-state index contributed by atoms with van der Waals surface area (Å²) in [6.07, 6.45) is 0. The van der Waals surface area contributed by atoms with Crippen LogP contribution in [-0.2, 0) is 6.54 Å². The lowest BCUT2D eigenvalue weighted by Gasteiger charge is -2.08. The van der Waals surface area contributed by atoms with E-state index >= 15 is 0 Å². The highest BCUT2D eigenvalue weighted by Gasteiger charge is 2.10. The van der Waals surface area contributed by atoms with Gasteiger partial charge in [0.15, 0.2) is 0 Å². The first-order valence-corrected chi connectivity index (χ1v) is 6.33. The van der Waals surface area contributed by atoms with Gasteiger partial charge in [-0.05, 0) is 29.6 Å². The minimum atomic E-state index is -0.195. The molecule has 0 saturated heterocycles. The van der Waals surface area contributed by atoms with Crippen molar-refractivity contribution in [2.75, 3.05) is 12.8 Å². The molecule has 0 aliphatic heterocycles. The van der Waals surface area contributed by atoms with Crippen LogP contribution in [-0.4, -0.2) is 13.0 Å². The Balaban J connectivity index is 2.08. The zero-order valence-electron chi connectivity index (χ0n) is 9.97. The standard InChI is InChI=1S/C13H14N2O2S/c1-17-9-4-5-12(14)11(7-9)13(16)15-8-10-3-2-6-18-10/h2-7H,8,14H2,1H3,(H,15,16). The molecule has 5 heteroatoms. The number of methoxy groups -OCH3 is 1. The summed E-state index contributed by atoms with van der Waals surface area (Å²) in [7, 11) is 1.55. The van der Waals surface area contributed by atoms with Gasteiger partial charge in [-0.1, -0.05) is 6.07 Å². The molecule has 0 aliphatic rings. The number of rotatable bonds is 4. The molecular formula is C13H14N2O2S. The molecule has 4 nitrogen and oxygen atoms in total. The summed E-state index contributed by atoms with van der Waals surface area (Å²) in [5, 5.41) is 4.80. The Hall–Kier alpha value is -2.01. The first-order chi connectivity index (χ1) is 8.70. The molecule has 18 heavy (non-hydrogen) atoms. The molecule has 2 rings (SSSR count). The molecule has 2 aromatic rings. The molecule has 1 amide bonds. The normalized spacial score (nSPS) is 10.1. The second kappa shape index (κ2) is 5.55. The van der Waals surface area contributed by atoms with Crippen molar-refractivity contribution < 1.29 is 9.53 Å². The Morgan fingerprint density at radius 2 is 2.28 bits per heavy atom. The van der Waals surface area contributed by atoms with Crippen LogP contribution in [0.25, 0.3) is 0 Å². The fraction of sp³-hybridized carbons (Fsp3) is 0.154. The van der Waals surface area contributed by atoms with Crippen molar-refractivity contribution >= 4 is 22.9 Å². The highest BCUT2D eigenvalue weighted by Crippen LogP contribution is 2.19. The summed E-state index contributed by atoms with van der Waals surface area (Å²) in [5.41, 5.74) is 6.66. The maximum absolute atomic E-state index is 12.0. The first-order valence-electron chi connectivity index (χ1n) is 5.45. The zero-order chi connectivity index (χ0) is 13.0. The van der Waals surface area contributed by atoms with E-state index in [1.165, 1.54) is 0 Å². The summed E-state index contributed by atoms with van der Waals surface area (Å²) in [6.45, 7) is 0.507. The molecule has 1 aromatic carbocycles. The molecule has 0 aliphatic carbocycles. The fourth-order valence-corrected chi connectivity index (χ4v) is 2.18. The van der Waals surface area contributed by atoms with Gasteiger partial charge in [-0.3, -0.25) is 4.79 Å². The third-order valence-electron chi connectivity index (χ3n) is 2.51. The van der Waals surface area contributed by atoms with Crippen LogP contribution < -0.4 is 15.8 Å². The number of anilines is 1. The maximum Gasteiger partial charge on any atom is 0.253 e. The predicted octanol–water partition coefficient (Wildman–Crippen LogP) is 2.27. The number of hydrogen-bond donors (Lipinski definition) is 2. The van der Waals surface area contributed by atoms with E-state index < -0.39 is 0 Å². The van der Waals surface area contributed by atoms with Gasteiger partial charge in [-0.2, -0.15) is 0 Å².